The number of H-pyrrole nitrogens is 1. The normalized spacial score (nSPS) is 12.7. The third kappa shape index (κ3) is 2.19. The number of hydrogen-bond acceptors (Lipinski definition) is 3. The van der Waals surface area contributed by atoms with Crippen LogP contribution in [-0.2, 0) is 0 Å². The summed E-state index contributed by atoms with van der Waals surface area (Å²) in [5, 5.41) is 7.00. The molecule has 18 heavy (non-hydrogen) atoms. The van der Waals surface area contributed by atoms with Gasteiger partial charge in [0.05, 0.1) is 11.7 Å². The Kier molecular flexibility index (Phi) is 3.54. The van der Waals surface area contributed by atoms with E-state index in [0.717, 1.165) is 5.56 Å². The van der Waals surface area contributed by atoms with E-state index >= 15 is 0 Å². The molecule has 6 heteroatoms. The van der Waals surface area contributed by atoms with Crippen molar-refractivity contribution in [2.24, 2.45) is 5.73 Å². The van der Waals surface area contributed by atoms with Crippen molar-refractivity contribution in [3.05, 3.63) is 45.1 Å². The van der Waals surface area contributed by atoms with Crippen LogP contribution in [0, 0.1) is 6.92 Å². The number of aromatic amines is 1. The van der Waals surface area contributed by atoms with E-state index in [1.165, 1.54) is 4.57 Å². The number of benzene rings is 1. The van der Waals surface area contributed by atoms with Gasteiger partial charge in [0, 0.05) is 5.02 Å². The molecule has 3 N–H and O–H groups in total. The fraction of sp³-hybridized carbons (Fsp3) is 0.333. The van der Waals surface area contributed by atoms with Crippen molar-refractivity contribution >= 4 is 11.6 Å². The predicted molar refractivity (Wildman–Crippen MR) is 71.2 cm³/mol. The molecule has 2 rings (SSSR count). The summed E-state index contributed by atoms with van der Waals surface area (Å²) in [5.41, 5.74) is 7.25. The zero-order chi connectivity index (χ0) is 13.3. The zero-order valence-electron chi connectivity index (χ0n) is 10.3. The first-order chi connectivity index (χ1) is 8.54. The van der Waals surface area contributed by atoms with Crippen molar-refractivity contribution in [3.8, 4) is 5.69 Å². The second-order valence-corrected chi connectivity index (χ2v) is 4.58. The number of aromatic nitrogens is 3. The largest absolute Gasteiger partial charge is 0.347 e. The van der Waals surface area contributed by atoms with Crippen LogP contribution in [-0.4, -0.2) is 14.8 Å². The summed E-state index contributed by atoms with van der Waals surface area (Å²) in [7, 11) is 0. The molecule has 1 aromatic heterocycles. The van der Waals surface area contributed by atoms with Crippen molar-refractivity contribution < 1.29 is 0 Å². The van der Waals surface area contributed by atoms with Gasteiger partial charge in [-0.05, 0) is 31.0 Å². The van der Waals surface area contributed by atoms with Gasteiger partial charge < -0.3 is 5.73 Å². The fourth-order valence-corrected chi connectivity index (χ4v) is 1.89. The van der Waals surface area contributed by atoms with Gasteiger partial charge in [-0.15, -0.1) is 0 Å². The highest BCUT2D eigenvalue weighted by Gasteiger charge is 2.16. The van der Waals surface area contributed by atoms with Crippen molar-refractivity contribution in [2.45, 2.75) is 26.3 Å². The van der Waals surface area contributed by atoms with Crippen molar-refractivity contribution in [2.75, 3.05) is 0 Å². The molecule has 0 bridgehead atoms. The number of nitrogens with one attached hydrogen (secondary N) is 1. The van der Waals surface area contributed by atoms with E-state index in [-0.39, 0.29) is 11.7 Å². The number of nitrogens with zero attached hydrogens (tertiary/aromatic N) is 2. The smallest absolute Gasteiger partial charge is 0.321 e. The van der Waals surface area contributed by atoms with E-state index in [2.05, 4.69) is 10.2 Å². The molecule has 96 valence electrons. The first-order valence-corrected chi connectivity index (χ1v) is 6.11. The Hall–Kier alpha value is -1.59. The third-order valence-electron chi connectivity index (χ3n) is 2.88. The Morgan fingerprint density at radius 1 is 1.56 bits per heavy atom. The lowest BCUT2D eigenvalue weighted by Gasteiger charge is -2.11. The van der Waals surface area contributed by atoms with Gasteiger partial charge in [0.25, 0.3) is 0 Å². The molecule has 2 aromatic rings. The van der Waals surface area contributed by atoms with Crippen LogP contribution in [0.5, 0.6) is 0 Å². The van der Waals surface area contributed by atoms with Crippen LogP contribution in [0.15, 0.2) is 23.0 Å². The maximum Gasteiger partial charge on any atom is 0.347 e. The van der Waals surface area contributed by atoms with E-state index in [4.69, 9.17) is 17.3 Å². The second-order valence-electron chi connectivity index (χ2n) is 4.17. The van der Waals surface area contributed by atoms with Gasteiger partial charge in [-0.3, -0.25) is 0 Å². The van der Waals surface area contributed by atoms with E-state index in [1.807, 2.05) is 26.0 Å². The number of halogens is 1. The van der Waals surface area contributed by atoms with Gasteiger partial charge in [0.2, 0.25) is 0 Å². The molecule has 1 aromatic carbocycles. The van der Waals surface area contributed by atoms with Crippen LogP contribution in [0.1, 0.15) is 30.8 Å². The number of rotatable bonds is 3. The molecule has 1 atom stereocenters. The zero-order valence-corrected chi connectivity index (χ0v) is 11.0. The maximum absolute atomic E-state index is 11.8. The Morgan fingerprint density at radius 2 is 2.28 bits per heavy atom. The minimum Gasteiger partial charge on any atom is -0.321 e. The van der Waals surface area contributed by atoms with Gasteiger partial charge in [-0.2, -0.15) is 5.10 Å². The highest BCUT2D eigenvalue weighted by Crippen LogP contribution is 2.20. The molecule has 0 fully saturated rings. The molecule has 5 nitrogen and oxygen atoms in total. The van der Waals surface area contributed by atoms with Crippen LogP contribution in [0.3, 0.4) is 0 Å². The summed E-state index contributed by atoms with van der Waals surface area (Å²) in [6.07, 6.45) is 0.698. The molecule has 0 saturated heterocycles. The first-order valence-electron chi connectivity index (χ1n) is 5.74. The lowest BCUT2D eigenvalue weighted by atomic mass is 10.2. The van der Waals surface area contributed by atoms with Gasteiger partial charge in [-0.25, -0.2) is 14.5 Å². The summed E-state index contributed by atoms with van der Waals surface area (Å²) in [4.78, 5) is 11.8. The predicted octanol–water partition coefficient (Wildman–Crippen LogP) is 1.93. The van der Waals surface area contributed by atoms with Gasteiger partial charge in [-0.1, -0.05) is 24.6 Å². The molecular weight excluding hydrogens is 252 g/mol. The molecule has 0 amide bonds. The Labute approximate surface area is 110 Å². The average molecular weight is 267 g/mol. The topological polar surface area (TPSA) is 76.7 Å². The summed E-state index contributed by atoms with van der Waals surface area (Å²) in [6, 6.07) is 5.13. The maximum atomic E-state index is 11.8. The molecule has 0 aliphatic rings. The van der Waals surface area contributed by atoms with E-state index < -0.39 is 0 Å². The fourth-order valence-electron chi connectivity index (χ4n) is 1.71. The van der Waals surface area contributed by atoms with Crippen molar-refractivity contribution in [1.82, 2.24) is 14.8 Å². The highest BCUT2D eigenvalue weighted by atomic mass is 35.5. The number of aryl methyl sites for hydroxylation is 1. The van der Waals surface area contributed by atoms with Crippen LogP contribution in [0.2, 0.25) is 5.02 Å². The first kappa shape index (κ1) is 12.9. The Morgan fingerprint density at radius 3 is 2.89 bits per heavy atom. The standard InChI is InChI=1S/C12H15ClN4O/c1-3-10(14)11-15-16-12(18)17(11)8-5-4-7(2)9(13)6-8/h4-6,10H,3,14H2,1-2H3,(H,16,18)/t10-/m0/s1. The van der Waals surface area contributed by atoms with Crippen LogP contribution < -0.4 is 11.4 Å². The Balaban J connectivity index is 2.59. The third-order valence-corrected chi connectivity index (χ3v) is 3.29. The second kappa shape index (κ2) is 4.96. The lowest BCUT2D eigenvalue weighted by molar-refractivity contribution is 0.631. The van der Waals surface area contributed by atoms with E-state index in [0.29, 0.717) is 23.0 Å². The summed E-state index contributed by atoms with van der Waals surface area (Å²) in [6.45, 7) is 3.85. The lowest BCUT2D eigenvalue weighted by Crippen LogP contribution is -2.21. The minimum atomic E-state index is -0.311. The van der Waals surface area contributed by atoms with Crippen molar-refractivity contribution in [3.63, 3.8) is 0 Å². The molecule has 0 radical (unpaired) electrons. The van der Waals surface area contributed by atoms with Crippen LogP contribution in [0.4, 0.5) is 0 Å². The monoisotopic (exact) mass is 266 g/mol. The SMILES string of the molecule is CC[C@H](N)c1n[nH]c(=O)n1-c1ccc(C)c(Cl)c1. The summed E-state index contributed by atoms with van der Waals surface area (Å²) >= 11 is 6.07. The quantitative estimate of drug-likeness (QED) is 0.891. The summed E-state index contributed by atoms with van der Waals surface area (Å²) < 4.78 is 1.46. The highest BCUT2D eigenvalue weighted by molar-refractivity contribution is 6.31. The van der Waals surface area contributed by atoms with Gasteiger partial charge >= 0.3 is 5.69 Å². The van der Waals surface area contributed by atoms with Crippen LogP contribution >= 0.6 is 11.6 Å². The van der Waals surface area contributed by atoms with E-state index in [9.17, 15) is 4.79 Å². The molecule has 0 aliphatic carbocycles. The molecule has 0 aliphatic heterocycles. The van der Waals surface area contributed by atoms with Crippen molar-refractivity contribution in [1.29, 1.82) is 0 Å². The average Bonchev–Trinajstić information content (AvgIpc) is 2.74. The van der Waals surface area contributed by atoms with E-state index in [1.54, 1.807) is 6.07 Å². The molecule has 0 spiro atoms. The minimum absolute atomic E-state index is 0.288. The molecule has 1 heterocycles. The van der Waals surface area contributed by atoms with Crippen LogP contribution in [0.25, 0.3) is 5.69 Å². The Bertz CT molecular complexity index is 617. The molecule has 0 unspecified atom stereocenters. The number of nitrogens with two attached hydrogens (primary N) is 1. The van der Waals surface area contributed by atoms with Gasteiger partial charge in [0.1, 0.15) is 0 Å². The molecular formula is C12H15ClN4O. The summed E-state index contributed by atoms with van der Waals surface area (Å²) in [5.74, 6) is 0.516. The molecule has 0 saturated carbocycles. The number of hydrogen-bond donors (Lipinski definition) is 2. The van der Waals surface area contributed by atoms with Gasteiger partial charge in [0.15, 0.2) is 5.82 Å².